The van der Waals surface area contributed by atoms with Crippen molar-refractivity contribution in [2.45, 2.75) is 17.9 Å². The minimum Gasteiger partial charge on any atom is -0.497 e. The first-order valence-corrected chi connectivity index (χ1v) is 11.8. The van der Waals surface area contributed by atoms with E-state index >= 15 is 0 Å². The molecule has 176 valence electrons. The van der Waals surface area contributed by atoms with Gasteiger partial charge in [0.05, 0.1) is 45.1 Å². The smallest absolute Gasteiger partial charge is 0.264 e. The largest absolute Gasteiger partial charge is 0.497 e. The first kappa shape index (κ1) is 24.5. The van der Waals surface area contributed by atoms with Crippen LogP contribution >= 0.6 is 11.6 Å². The topological polar surface area (TPSA) is 74.3 Å². The molecule has 0 N–H and O–H groups in total. The summed E-state index contributed by atoms with van der Waals surface area (Å²) in [6.07, 6.45) is 0. The summed E-state index contributed by atoms with van der Waals surface area (Å²) in [7, 11) is 2.07. The van der Waals surface area contributed by atoms with Crippen LogP contribution in [0.5, 0.6) is 23.0 Å². The van der Waals surface area contributed by atoms with Gasteiger partial charge in [-0.05, 0) is 61.5 Å². The standard InChI is InChI=1S/C24H26ClNO6S/c1-16(21-15-19(29-2)9-13-22(21)30-3)26(18-8-12-23(31-4)24(14-18)32-5)33(27,28)20-10-6-17(25)7-11-20/h6-16H,1-5H3/t16-/m1/s1. The normalized spacial score (nSPS) is 12.1. The maximum absolute atomic E-state index is 13.9. The summed E-state index contributed by atoms with van der Waals surface area (Å²) in [5.41, 5.74) is 1.02. The predicted molar refractivity (Wildman–Crippen MR) is 129 cm³/mol. The molecule has 0 aliphatic carbocycles. The van der Waals surface area contributed by atoms with Gasteiger partial charge >= 0.3 is 0 Å². The van der Waals surface area contributed by atoms with E-state index in [-0.39, 0.29) is 4.90 Å². The van der Waals surface area contributed by atoms with E-state index in [1.54, 1.807) is 50.4 Å². The molecule has 1 atom stereocenters. The Labute approximate surface area is 199 Å². The Hall–Kier alpha value is -3.10. The second-order valence-electron chi connectivity index (χ2n) is 7.08. The minimum absolute atomic E-state index is 0.0930. The molecule has 0 spiro atoms. The van der Waals surface area contributed by atoms with Crippen molar-refractivity contribution < 1.29 is 27.4 Å². The van der Waals surface area contributed by atoms with Gasteiger partial charge in [-0.2, -0.15) is 0 Å². The summed E-state index contributed by atoms with van der Waals surface area (Å²) in [6, 6.07) is 15.6. The van der Waals surface area contributed by atoms with Crippen LogP contribution in [0.4, 0.5) is 5.69 Å². The molecule has 0 saturated heterocycles. The molecule has 0 bridgehead atoms. The lowest BCUT2D eigenvalue weighted by Crippen LogP contribution is -2.34. The van der Waals surface area contributed by atoms with E-state index in [2.05, 4.69) is 0 Å². The molecule has 9 heteroatoms. The monoisotopic (exact) mass is 491 g/mol. The molecular weight excluding hydrogens is 466 g/mol. The van der Waals surface area contributed by atoms with Crippen LogP contribution in [0.25, 0.3) is 0 Å². The second-order valence-corrected chi connectivity index (χ2v) is 9.33. The fourth-order valence-electron chi connectivity index (χ4n) is 3.54. The SMILES string of the molecule is COc1ccc(OC)c([C@@H](C)N(c2ccc(OC)c(OC)c2)S(=O)(=O)c2ccc(Cl)cc2)c1. The first-order chi connectivity index (χ1) is 15.8. The average molecular weight is 492 g/mol. The van der Waals surface area contributed by atoms with Crippen LogP contribution in [-0.4, -0.2) is 36.9 Å². The molecular formula is C24H26ClNO6S. The van der Waals surface area contributed by atoms with Gasteiger partial charge < -0.3 is 18.9 Å². The fraction of sp³-hybridized carbons (Fsp3) is 0.250. The van der Waals surface area contributed by atoms with Gasteiger partial charge in [0.15, 0.2) is 11.5 Å². The fourth-order valence-corrected chi connectivity index (χ4v) is 5.30. The zero-order valence-corrected chi connectivity index (χ0v) is 20.6. The van der Waals surface area contributed by atoms with E-state index in [0.717, 1.165) is 0 Å². The van der Waals surface area contributed by atoms with E-state index in [1.807, 2.05) is 0 Å². The Balaban J connectivity index is 2.25. The Morgan fingerprint density at radius 2 is 1.36 bits per heavy atom. The first-order valence-electron chi connectivity index (χ1n) is 10.0. The van der Waals surface area contributed by atoms with Gasteiger partial charge in [0.1, 0.15) is 11.5 Å². The molecule has 0 fully saturated rings. The van der Waals surface area contributed by atoms with Crippen LogP contribution in [0, 0.1) is 0 Å². The maximum Gasteiger partial charge on any atom is 0.264 e. The number of nitrogens with zero attached hydrogens (tertiary/aromatic N) is 1. The molecule has 3 aromatic carbocycles. The lowest BCUT2D eigenvalue weighted by atomic mass is 10.1. The molecule has 0 amide bonds. The number of methoxy groups -OCH3 is 4. The van der Waals surface area contributed by atoms with Crippen LogP contribution in [0.2, 0.25) is 5.02 Å². The number of hydrogen-bond donors (Lipinski definition) is 0. The van der Waals surface area contributed by atoms with Crippen molar-refractivity contribution in [2.75, 3.05) is 32.7 Å². The van der Waals surface area contributed by atoms with Crippen LogP contribution in [0.1, 0.15) is 18.5 Å². The van der Waals surface area contributed by atoms with Gasteiger partial charge in [0, 0.05) is 16.7 Å². The Bertz CT molecular complexity index is 1210. The number of benzene rings is 3. The van der Waals surface area contributed by atoms with Crippen molar-refractivity contribution in [3.05, 3.63) is 71.2 Å². The summed E-state index contributed by atoms with van der Waals surface area (Å²) in [5.74, 6) is 1.99. The number of ether oxygens (including phenoxy) is 4. The highest BCUT2D eigenvalue weighted by Gasteiger charge is 2.33. The number of halogens is 1. The molecule has 0 aromatic heterocycles. The Kier molecular flexibility index (Phi) is 7.61. The minimum atomic E-state index is -4.03. The van der Waals surface area contributed by atoms with Crippen LogP contribution < -0.4 is 23.3 Å². The van der Waals surface area contributed by atoms with E-state index in [4.69, 9.17) is 30.5 Å². The summed E-state index contributed by atoms with van der Waals surface area (Å²) in [4.78, 5) is 0.0930. The molecule has 0 aliphatic heterocycles. The van der Waals surface area contributed by atoms with Gasteiger partial charge in [0.2, 0.25) is 0 Å². The van der Waals surface area contributed by atoms with Gasteiger partial charge in [-0.3, -0.25) is 4.31 Å². The highest BCUT2D eigenvalue weighted by molar-refractivity contribution is 7.92. The average Bonchev–Trinajstić information content (AvgIpc) is 2.83. The Morgan fingerprint density at radius 1 is 0.758 bits per heavy atom. The van der Waals surface area contributed by atoms with Gasteiger partial charge in [-0.1, -0.05) is 11.6 Å². The summed E-state index contributed by atoms with van der Waals surface area (Å²) in [5, 5.41) is 0.439. The van der Waals surface area contributed by atoms with Gasteiger partial charge in [-0.15, -0.1) is 0 Å². The van der Waals surface area contributed by atoms with Crippen molar-refractivity contribution in [3.63, 3.8) is 0 Å². The molecule has 0 saturated carbocycles. The summed E-state index contributed by atoms with van der Waals surface area (Å²) in [6.45, 7) is 1.78. The van der Waals surface area contributed by atoms with Crippen LogP contribution in [-0.2, 0) is 10.0 Å². The van der Waals surface area contributed by atoms with Crippen molar-refractivity contribution in [1.82, 2.24) is 0 Å². The van der Waals surface area contributed by atoms with E-state index in [1.165, 1.54) is 49.9 Å². The van der Waals surface area contributed by atoms with Gasteiger partial charge in [-0.25, -0.2) is 8.42 Å². The quantitative estimate of drug-likeness (QED) is 0.402. The molecule has 33 heavy (non-hydrogen) atoms. The zero-order valence-electron chi connectivity index (χ0n) is 19.0. The zero-order chi connectivity index (χ0) is 24.2. The van der Waals surface area contributed by atoms with Crippen LogP contribution in [0.15, 0.2) is 65.6 Å². The third-order valence-corrected chi connectivity index (χ3v) is 7.40. The number of hydrogen-bond acceptors (Lipinski definition) is 6. The predicted octanol–water partition coefficient (Wildman–Crippen LogP) is 5.33. The molecule has 3 rings (SSSR count). The molecule has 0 radical (unpaired) electrons. The lowest BCUT2D eigenvalue weighted by Gasteiger charge is -2.32. The van der Waals surface area contributed by atoms with Crippen molar-refractivity contribution in [3.8, 4) is 23.0 Å². The number of anilines is 1. The van der Waals surface area contributed by atoms with E-state index in [9.17, 15) is 8.42 Å². The molecule has 0 aliphatic rings. The summed E-state index contributed by atoms with van der Waals surface area (Å²) < 4.78 is 50.8. The highest BCUT2D eigenvalue weighted by Crippen LogP contribution is 2.41. The lowest BCUT2D eigenvalue weighted by molar-refractivity contribution is 0.355. The van der Waals surface area contributed by atoms with E-state index < -0.39 is 16.1 Å². The number of sulfonamides is 1. The third-order valence-electron chi connectivity index (χ3n) is 5.23. The molecule has 7 nitrogen and oxygen atoms in total. The third kappa shape index (κ3) is 4.96. The van der Waals surface area contributed by atoms with Crippen molar-refractivity contribution in [2.24, 2.45) is 0 Å². The summed E-state index contributed by atoms with van der Waals surface area (Å²) >= 11 is 5.99. The number of rotatable bonds is 9. The Morgan fingerprint density at radius 3 is 1.94 bits per heavy atom. The van der Waals surface area contributed by atoms with Crippen molar-refractivity contribution in [1.29, 1.82) is 0 Å². The highest BCUT2D eigenvalue weighted by atomic mass is 35.5. The molecule has 3 aromatic rings. The second kappa shape index (κ2) is 10.2. The van der Waals surface area contributed by atoms with E-state index in [0.29, 0.717) is 39.3 Å². The van der Waals surface area contributed by atoms with Crippen LogP contribution in [0.3, 0.4) is 0 Å². The molecule has 0 heterocycles. The maximum atomic E-state index is 13.9. The van der Waals surface area contributed by atoms with Gasteiger partial charge in [0.25, 0.3) is 10.0 Å². The van der Waals surface area contributed by atoms with Crippen molar-refractivity contribution >= 4 is 27.3 Å². The molecule has 0 unspecified atom stereocenters.